The van der Waals surface area contributed by atoms with Crippen LogP contribution in [0.4, 0.5) is 0 Å². The smallest absolute Gasteiger partial charge is 0.347 e. The van der Waals surface area contributed by atoms with Gasteiger partial charge in [0, 0.05) is 18.4 Å². The highest BCUT2D eigenvalue weighted by Gasteiger charge is 2.46. The molecule has 31 heavy (non-hydrogen) atoms. The van der Waals surface area contributed by atoms with Crippen LogP contribution in [-0.4, -0.2) is 5.11 Å². The zero-order valence-electron chi connectivity index (χ0n) is 18.5. The molecule has 3 aliphatic rings. The number of hydrogen-bond donors (Lipinski definition) is 1. The van der Waals surface area contributed by atoms with Crippen molar-refractivity contribution in [3.63, 3.8) is 0 Å². The van der Waals surface area contributed by atoms with E-state index in [2.05, 4.69) is 31.2 Å². The van der Waals surface area contributed by atoms with Gasteiger partial charge in [0.1, 0.15) is 22.7 Å². The van der Waals surface area contributed by atoms with Crippen molar-refractivity contribution < 1.29 is 14.3 Å². The summed E-state index contributed by atoms with van der Waals surface area (Å²) in [5, 5.41) is 11.1. The molecule has 0 radical (unpaired) electrons. The third-order valence-electron chi connectivity index (χ3n) is 7.12. The van der Waals surface area contributed by atoms with Crippen LogP contribution in [0.15, 0.2) is 51.4 Å². The van der Waals surface area contributed by atoms with Crippen LogP contribution in [0.2, 0.25) is 0 Å². The fourth-order valence-electron chi connectivity index (χ4n) is 5.05. The average molecular weight is 421 g/mol. The first kappa shape index (κ1) is 20.4. The van der Waals surface area contributed by atoms with Crippen LogP contribution in [0, 0.1) is 18.8 Å². The van der Waals surface area contributed by atoms with Crippen LogP contribution >= 0.6 is 0 Å². The van der Waals surface area contributed by atoms with Crippen LogP contribution in [0.3, 0.4) is 0 Å². The van der Waals surface area contributed by atoms with E-state index in [4.69, 9.17) is 9.15 Å². The van der Waals surface area contributed by atoms with Crippen LogP contribution in [0.1, 0.15) is 80.2 Å². The van der Waals surface area contributed by atoms with Gasteiger partial charge in [0.15, 0.2) is 0 Å². The second-order valence-corrected chi connectivity index (χ2v) is 10.0. The molecular weight excluding hydrogens is 388 g/mol. The number of allylic oxidation sites excluding steroid dienone is 1. The molecule has 4 heteroatoms. The lowest BCUT2D eigenvalue weighted by Crippen LogP contribution is -2.32. The average Bonchev–Trinajstić information content (AvgIpc) is 3.64. The number of aromatic hydroxyl groups is 1. The molecule has 0 bridgehead atoms. The Hall–Kier alpha value is -2.49. The summed E-state index contributed by atoms with van der Waals surface area (Å²) in [6, 6.07) is 10.2. The Balaban J connectivity index is 1.47. The van der Waals surface area contributed by atoms with Gasteiger partial charge in [-0.2, -0.15) is 0 Å². The molecule has 1 aromatic carbocycles. The quantitative estimate of drug-likeness (QED) is 0.560. The molecular formula is C27H32O4. The largest absolute Gasteiger partial charge is 0.507 e. The van der Waals surface area contributed by atoms with Gasteiger partial charge in [-0.1, -0.05) is 55.5 Å². The minimum Gasteiger partial charge on any atom is -0.507 e. The van der Waals surface area contributed by atoms with Crippen molar-refractivity contribution >= 4 is 0 Å². The summed E-state index contributed by atoms with van der Waals surface area (Å²) in [5.41, 5.74) is 1.54. The minimum absolute atomic E-state index is 0.0275. The Morgan fingerprint density at radius 2 is 1.81 bits per heavy atom. The molecule has 5 rings (SSSR count). The van der Waals surface area contributed by atoms with Gasteiger partial charge in [-0.15, -0.1) is 0 Å². The number of aryl methyl sites for hydroxylation is 1. The van der Waals surface area contributed by atoms with Gasteiger partial charge >= 0.3 is 5.63 Å². The number of rotatable bonds is 8. The van der Waals surface area contributed by atoms with Crippen molar-refractivity contribution in [1.29, 1.82) is 0 Å². The van der Waals surface area contributed by atoms with Crippen molar-refractivity contribution in [2.75, 3.05) is 0 Å². The predicted octanol–water partition coefficient (Wildman–Crippen LogP) is 6.10. The van der Waals surface area contributed by atoms with Crippen LogP contribution in [-0.2, 0) is 16.8 Å². The molecule has 0 amide bonds. The molecule has 2 fully saturated rings. The summed E-state index contributed by atoms with van der Waals surface area (Å²) < 4.78 is 12.1. The van der Waals surface area contributed by atoms with Crippen LogP contribution in [0.5, 0.6) is 5.75 Å². The monoisotopic (exact) mass is 420 g/mol. The van der Waals surface area contributed by atoms with Gasteiger partial charge in [-0.25, -0.2) is 4.79 Å². The van der Waals surface area contributed by atoms with Gasteiger partial charge in [0.05, 0.1) is 5.76 Å². The van der Waals surface area contributed by atoms with Gasteiger partial charge < -0.3 is 14.3 Å². The van der Waals surface area contributed by atoms with E-state index in [9.17, 15) is 9.90 Å². The standard InChI is InChI=1S/C27H32O4/c1-17-3-5-19(6-4-17)13-22(14-20-7-8-20)24-15-23(28)25(26(29)30-24)27(16-21-9-10-21)12-11-18(2)31-27/h3-6,11,15,20-22,28H,7-10,12-14,16H2,1-2H3. The second-order valence-electron chi connectivity index (χ2n) is 10.0. The first-order valence-corrected chi connectivity index (χ1v) is 11.7. The highest BCUT2D eigenvalue weighted by molar-refractivity contribution is 5.39. The van der Waals surface area contributed by atoms with E-state index in [1.165, 1.54) is 24.0 Å². The minimum atomic E-state index is -0.780. The van der Waals surface area contributed by atoms with E-state index in [0.29, 0.717) is 29.6 Å². The van der Waals surface area contributed by atoms with Crippen molar-refractivity contribution in [2.45, 2.75) is 76.7 Å². The SMILES string of the molecule is CC1=CCC(CC2CC2)(c2c(O)cc(C(Cc3ccc(C)cc3)CC3CC3)oc2=O)O1. The van der Waals surface area contributed by atoms with Crippen molar-refractivity contribution in [3.05, 3.63) is 75.0 Å². The topological polar surface area (TPSA) is 59.7 Å². The highest BCUT2D eigenvalue weighted by atomic mass is 16.5. The van der Waals surface area contributed by atoms with E-state index >= 15 is 0 Å². The van der Waals surface area contributed by atoms with Gasteiger partial charge in [0.25, 0.3) is 0 Å². The first-order chi connectivity index (χ1) is 14.9. The molecule has 2 atom stereocenters. The summed E-state index contributed by atoms with van der Waals surface area (Å²) in [7, 11) is 0. The summed E-state index contributed by atoms with van der Waals surface area (Å²) >= 11 is 0. The molecule has 2 unspecified atom stereocenters. The molecule has 2 aromatic rings. The third-order valence-corrected chi connectivity index (χ3v) is 7.12. The molecule has 2 heterocycles. The van der Waals surface area contributed by atoms with Crippen molar-refractivity contribution in [2.24, 2.45) is 11.8 Å². The fourth-order valence-corrected chi connectivity index (χ4v) is 5.05. The highest BCUT2D eigenvalue weighted by Crippen LogP contribution is 2.50. The molecule has 1 N–H and O–H groups in total. The Kier molecular flexibility index (Phi) is 5.19. The summed E-state index contributed by atoms with van der Waals surface area (Å²) in [5.74, 6) is 2.78. The van der Waals surface area contributed by atoms with E-state index in [1.54, 1.807) is 6.07 Å². The molecule has 1 aliphatic heterocycles. The normalized spacial score (nSPS) is 24.0. The van der Waals surface area contributed by atoms with Gasteiger partial charge in [-0.3, -0.25) is 0 Å². The zero-order valence-corrected chi connectivity index (χ0v) is 18.5. The van der Waals surface area contributed by atoms with Gasteiger partial charge in [-0.05, 0) is 56.6 Å². The Bertz CT molecular complexity index is 1040. The van der Waals surface area contributed by atoms with E-state index in [1.807, 2.05) is 13.0 Å². The maximum absolute atomic E-state index is 13.2. The molecule has 1 aromatic heterocycles. The van der Waals surface area contributed by atoms with E-state index < -0.39 is 11.2 Å². The lowest BCUT2D eigenvalue weighted by molar-refractivity contribution is 0.00455. The Labute approximate surface area is 183 Å². The number of ether oxygens (including phenoxy) is 1. The molecule has 0 spiro atoms. The predicted molar refractivity (Wildman–Crippen MR) is 120 cm³/mol. The van der Waals surface area contributed by atoms with Gasteiger partial charge in [0.2, 0.25) is 0 Å². The molecule has 0 saturated heterocycles. The third kappa shape index (κ3) is 4.44. The second kappa shape index (κ2) is 7.89. The van der Waals surface area contributed by atoms with Crippen molar-refractivity contribution in [1.82, 2.24) is 0 Å². The molecule has 2 saturated carbocycles. The van der Waals surface area contributed by atoms with Crippen molar-refractivity contribution in [3.8, 4) is 5.75 Å². The number of benzene rings is 1. The first-order valence-electron chi connectivity index (χ1n) is 11.7. The summed E-state index contributed by atoms with van der Waals surface area (Å²) in [6.45, 7) is 4.00. The lowest BCUT2D eigenvalue weighted by Gasteiger charge is -2.30. The summed E-state index contributed by atoms with van der Waals surface area (Å²) in [4.78, 5) is 13.2. The Morgan fingerprint density at radius 3 is 2.39 bits per heavy atom. The summed E-state index contributed by atoms with van der Waals surface area (Å²) in [6.07, 6.45) is 9.98. The molecule has 2 aliphatic carbocycles. The maximum atomic E-state index is 13.2. The van der Waals surface area contributed by atoms with E-state index in [0.717, 1.165) is 37.9 Å². The molecule has 4 nitrogen and oxygen atoms in total. The van der Waals surface area contributed by atoms with E-state index in [-0.39, 0.29) is 11.7 Å². The fraction of sp³-hybridized carbons (Fsp3) is 0.519. The number of hydrogen-bond acceptors (Lipinski definition) is 4. The van der Waals surface area contributed by atoms with Crippen LogP contribution < -0.4 is 5.63 Å². The van der Waals surface area contributed by atoms with Crippen LogP contribution in [0.25, 0.3) is 0 Å². The maximum Gasteiger partial charge on any atom is 0.347 e. The zero-order chi connectivity index (χ0) is 21.6. The lowest BCUT2D eigenvalue weighted by atomic mass is 9.85. The Morgan fingerprint density at radius 1 is 1.10 bits per heavy atom. The molecule has 164 valence electrons.